The van der Waals surface area contributed by atoms with Crippen LogP contribution in [0, 0.1) is 0 Å². The van der Waals surface area contributed by atoms with Crippen molar-refractivity contribution < 1.29 is 13.2 Å². The number of aromatic amines is 1. The van der Waals surface area contributed by atoms with Crippen LogP contribution in [0.3, 0.4) is 0 Å². The molecule has 0 aromatic carbocycles. The maximum atomic E-state index is 12.5. The molecule has 0 spiro atoms. The van der Waals surface area contributed by atoms with Gasteiger partial charge in [0.2, 0.25) is 0 Å². The van der Waals surface area contributed by atoms with Crippen molar-refractivity contribution >= 4 is 15.9 Å². The number of aromatic nitrogens is 3. The van der Waals surface area contributed by atoms with Crippen LogP contribution in [-0.4, -0.2) is 64.7 Å². The molecule has 0 unspecified atom stereocenters. The summed E-state index contributed by atoms with van der Waals surface area (Å²) in [5.41, 5.74) is 0.511. The van der Waals surface area contributed by atoms with Crippen LogP contribution in [0.15, 0.2) is 42.1 Å². The first-order valence-corrected chi connectivity index (χ1v) is 8.71. The average molecular weight is 335 g/mol. The molecule has 1 aliphatic heterocycles. The highest BCUT2D eigenvalue weighted by molar-refractivity contribution is 7.89. The van der Waals surface area contributed by atoms with Crippen molar-refractivity contribution in [3.05, 3.63) is 42.6 Å². The summed E-state index contributed by atoms with van der Waals surface area (Å²) in [5.74, 6) is -0.126. The number of imidazole rings is 1. The highest BCUT2D eigenvalue weighted by Crippen LogP contribution is 2.16. The number of carbonyl (C=O) groups is 1. The fourth-order valence-corrected chi connectivity index (χ4v) is 3.90. The van der Waals surface area contributed by atoms with Crippen LogP contribution < -0.4 is 0 Å². The van der Waals surface area contributed by atoms with Crippen molar-refractivity contribution in [2.75, 3.05) is 26.2 Å². The van der Waals surface area contributed by atoms with Gasteiger partial charge in [-0.2, -0.15) is 4.31 Å². The largest absolute Gasteiger partial charge is 0.337 e. The standard InChI is InChI=1S/C14H17N5O3S/c20-14(12-3-1-4-15-9-12)18-5-2-6-19(8-7-18)23(21,22)13-10-16-11-17-13/h1,3-4,9-11H,2,5-8H2,(H,16,17). The van der Waals surface area contributed by atoms with Crippen molar-refractivity contribution in [1.82, 2.24) is 24.2 Å². The van der Waals surface area contributed by atoms with Crippen LogP contribution in [0.1, 0.15) is 16.8 Å². The van der Waals surface area contributed by atoms with Crippen molar-refractivity contribution in [2.45, 2.75) is 11.4 Å². The highest BCUT2D eigenvalue weighted by Gasteiger charge is 2.29. The van der Waals surface area contributed by atoms with Crippen LogP contribution in [0.5, 0.6) is 0 Å². The Kier molecular flexibility index (Phi) is 4.39. The van der Waals surface area contributed by atoms with Crippen molar-refractivity contribution in [3.63, 3.8) is 0 Å². The number of nitrogens with zero attached hydrogens (tertiary/aromatic N) is 4. The molecule has 1 aliphatic rings. The molecule has 1 fully saturated rings. The zero-order chi connectivity index (χ0) is 16.3. The van der Waals surface area contributed by atoms with Gasteiger partial charge in [-0.15, -0.1) is 0 Å². The third kappa shape index (κ3) is 3.25. The second-order valence-corrected chi connectivity index (χ2v) is 7.11. The first kappa shape index (κ1) is 15.6. The molecule has 0 aliphatic carbocycles. The first-order valence-electron chi connectivity index (χ1n) is 7.27. The number of carbonyl (C=O) groups excluding carboxylic acids is 1. The number of rotatable bonds is 3. The van der Waals surface area contributed by atoms with E-state index in [0.717, 1.165) is 0 Å². The molecular weight excluding hydrogens is 318 g/mol. The zero-order valence-corrected chi connectivity index (χ0v) is 13.2. The molecule has 2 aromatic rings. The summed E-state index contributed by atoms with van der Waals surface area (Å²) < 4.78 is 26.4. The Labute approximate surface area is 134 Å². The van der Waals surface area contributed by atoms with Crippen molar-refractivity contribution in [2.24, 2.45) is 0 Å². The Balaban J connectivity index is 1.72. The van der Waals surface area contributed by atoms with Gasteiger partial charge in [-0.05, 0) is 18.6 Å². The molecule has 1 saturated heterocycles. The number of sulfonamides is 1. The van der Waals surface area contributed by atoms with Crippen LogP contribution >= 0.6 is 0 Å². The summed E-state index contributed by atoms with van der Waals surface area (Å²) in [6.45, 7) is 1.50. The molecule has 23 heavy (non-hydrogen) atoms. The molecule has 1 amide bonds. The lowest BCUT2D eigenvalue weighted by Crippen LogP contribution is -2.37. The molecule has 3 rings (SSSR count). The van der Waals surface area contributed by atoms with Crippen LogP contribution in [0.25, 0.3) is 0 Å². The van der Waals surface area contributed by atoms with Gasteiger partial charge < -0.3 is 9.88 Å². The molecule has 8 nitrogen and oxygen atoms in total. The molecule has 9 heteroatoms. The third-order valence-electron chi connectivity index (χ3n) is 3.74. The first-order chi connectivity index (χ1) is 11.1. The Morgan fingerprint density at radius 1 is 1.13 bits per heavy atom. The monoisotopic (exact) mass is 335 g/mol. The Morgan fingerprint density at radius 2 is 2.00 bits per heavy atom. The van der Waals surface area contributed by atoms with Gasteiger partial charge in [-0.1, -0.05) is 0 Å². The maximum absolute atomic E-state index is 12.5. The van der Waals surface area contributed by atoms with E-state index in [1.807, 2.05) is 0 Å². The van der Waals surface area contributed by atoms with Crippen molar-refractivity contribution in [1.29, 1.82) is 0 Å². The van der Waals surface area contributed by atoms with E-state index in [1.165, 1.54) is 23.0 Å². The van der Waals surface area contributed by atoms with E-state index in [9.17, 15) is 13.2 Å². The predicted octanol–water partition coefficient (Wildman–Crippen LogP) is 0.341. The van der Waals surface area contributed by atoms with E-state index >= 15 is 0 Å². The van der Waals surface area contributed by atoms with Gasteiger partial charge in [0.05, 0.1) is 18.1 Å². The van der Waals surface area contributed by atoms with Crippen molar-refractivity contribution in [3.8, 4) is 0 Å². The minimum absolute atomic E-state index is 0.0736. The molecule has 2 aromatic heterocycles. The summed E-state index contributed by atoms with van der Waals surface area (Å²) in [5, 5.41) is 0.0736. The van der Waals surface area contributed by atoms with E-state index in [-0.39, 0.29) is 17.5 Å². The third-order valence-corrected chi connectivity index (χ3v) is 5.57. The number of nitrogens with one attached hydrogen (secondary N) is 1. The molecule has 0 atom stereocenters. The quantitative estimate of drug-likeness (QED) is 0.872. The highest BCUT2D eigenvalue weighted by atomic mass is 32.2. The fourth-order valence-electron chi connectivity index (χ4n) is 2.53. The van der Waals surface area contributed by atoms with Gasteiger partial charge in [0.1, 0.15) is 0 Å². The lowest BCUT2D eigenvalue weighted by molar-refractivity contribution is 0.0764. The number of hydrogen-bond donors (Lipinski definition) is 1. The second-order valence-electron chi connectivity index (χ2n) is 5.21. The minimum atomic E-state index is -3.59. The second kappa shape index (κ2) is 6.47. The van der Waals surface area contributed by atoms with Crippen LogP contribution in [-0.2, 0) is 10.0 Å². The lowest BCUT2D eigenvalue weighted by Gasteiger charge is -2.21. The lowest BCUT2D eigenvalue weighted by atomic mass is 10.2. The van der Waals surface area contributed by atoms with Gasteiger partial charge in [0.15, 0.2) is 5.03 Å². The van der Waals surface area contributed by atoms with Crippen LogP contribution in [0.4, 0.5) is 0 Å². The average Bonchev–Trinajstić information content (AvgIpc) is 3.00. The summed E-state index contributed by atoms with van der Waals surface area (Å²) >= 11 is 0. The molecule has 122 valence electrons. The van der Waals surface area contributed by atoms with Gasteiger partial charge >= 0.3 is 0 Å². The predicted molar refractivity (Wildman–Crippen MR) is 82.1 cm³/mol. The zero-order valence-electron chi connectivity index (χ0n) is 12.4. The summed E-state index contributed by atoms with van der Waals surface area (Å²) in [6, 6.07) is 3.42. The Hall–Kier alpha value is -2.26. The normalized spacial score (nSPS) is 17.0. The molecule has 0 radical (unpaired) electrons. The number of H-pyrrole nitrogens is 1. The van der Waals surface area contributed by atoms with E-state index in [4.69, 9.17) is 0 Å². The van der Waals surface area contributed by atoms with Gasteiger partial charge in [0.25, 0.3) is 15.9 Å². The fraction of sp³-hybridized carbons (Fsp3) is 0.357. The molecule has 3 heterocycles. The van der Waals surface area contributed by atoms with E-state index in [0.29, 0.717) is 31.6 Å². The number of pyridine rings is 1. The molecule has 0 saturated carbocycles. The summed E-state index contributed by atoms with van der Waals surface area (Å²) in [4.78, 5) is 24.4. The molecule has 1 N–H and O–H groups in total. The van der Waals surface area contributed by atoms with Gasteiger partial charge in [0, 0.05) is 38.6 Å². The van der Waals surface area contributed by atoms with E-state index < -0.39 is 10.0 Å². The minimum Gasteiger partial charge on any atom is -0.337 e. The van der Waals surface area contributed by atoms with Crippen LogP contribution in [0.2, 0.25) is 0 Å². The van der Waals surface area contributed by atoms with Gasteiger partial charge in [-0.25, -0.2) is 13.4 Å². The van der Waals surface area contributed by atoms with Gasteiger partial charge in [-0.3, -0.25) is 9.78 Å². The SMILES string of the molecule is O=C(c1cccnc1)N1CCCN(S(=O)(=O)c2cnc[nH]2)CC1. The van der Waals surface area contributed by atoms with E-state index in [1.54, 1.807) is 23.2 Å². The Bertz CT molecular complexity index is 761. The summed E-state index contributed by atoms with van der Waals surface area (Å²) in [7, 11) is -3.59. The number of hydrogen-bond acceptors (Lipinski definition) is 5. The smallest absolute Gasteiger partial charge is 0.260 e. The molecule has 0 bridgehead atoms. The maximum Gasteiger partial charge on any atom is 0.260 e. The topological polar surface area (TPSA) is 99.3 Å². The molecular formula is C14H17N5O3S. The Morgan fingerprint density at radius 3 is 2.70 bits per heavy atom. The summed E-state index contributed by atoms with van der Waals surface area (Å²) in [6.07, 6.45) is 6.34. The van der Waals surface area contributed by atoms with E-state index in [2.05, 4.69) is 15.0 Å². The number of amides is 1.